The molecule has 9 nitrogen and oxygen atoms in total. The van der Waals surface area contributed by atoms with Crippen molar-refractivity contribution in [2.75, 3.05) is 32.2 Å². The molecule has 1 aromatic carbocycles. The van der Waals surface area contributed by atoms with Crippen molar-refractivity contribution in [3.63, 3.8) is 0 Å². The van der Waals surface area contributed by atoms with Crippen molar-refractivity contribution >= 4 is 21.4 Å². The molecule has 0 aromatic heterocycles. The summed E-state index contributed by atoms with van der Waals surface area (Å²) in [5.74, 6) is 5.21. The zero-order valence-electron chi connectivity index (χ0n) is 11.8. The second-order valence-corrected chi connectivity index (χ2v) is 6.12. The van der Waals surface area contributed by atoms with Crippen LogP contribution < -0.4 is 11.3 Å². The van der Waals surface area contributed by atoms with E-state index in [4.69, 9.17) is 10.6 Å². The van der Waals surface area contributed by atoms with Crippen LogP contribution in [0.4, 0.5) is 11.4 Å². The zero-order chi connectivity index (χ0) is 16.0. The number of nitrogen functional groups attached to an aromatic ring is 1. The van der Waals surface area contributed by atoms with Gasteiger partial charge in [0.15, 0.2) is 4.90 Å². The van der Waals surface area contributed by atoms with Crippen molar-refractivity contribution in [3.8, 4) is 0 Å². The lowest BCUT2D eigenvalue weighted by Gasteiger charge is -2.17. The summed E-state index contributed by atoms with van der Waals surface area (Å²) in [6.45, 7) is 2.54. The van der Waals surface area contributed by atoms with Crippen molar-refractivity contribution in [1.82, 2.24) is 4.31 Å². The number of benzene rings is 1. The molecule has 0 radical (unpaired) electrons. The Kier molecular flexibility index (Phi) is 6.03. The normalized spacial score (nSPS) is 11.6. The second kappa shape index (κ2) is 7.31. The third kappa shape index (κ3) is 4.11. The minimum Gasteiger partial charge on any atom is -0.380 e. The minimum absolute atomic E-state index is 0.0909. The quantitative estimate of drug-likeness (QED) is 0.310. The number of hydrogen-bond donors (Lipinski definition) is 2. The molecule has 0 aliphatic heterocycles. The molecule has 0 aliphatic rings. The van der Waals surface area contributed by atoms with E-state index >= 15 is 0 Å². The average Bonchev–Trinajstić information content (AvgIpc) is 2.46. The van der Waals surface area contributed by atoms with Crippen LogP contribution in [0.15, 0.2) is 23.1 Å². The summed E-state index contributed by atoms with van der Waals surface area (Å²) in [5, 5.41) is 11.0. The standard InChI is InChI=1S/C11H18N4O5S/c1-3-20-7-6-14(2)21(18,19)11-8-9(13-12)4-5-10(11)15(16)17/h4-5,8,13H,3,6-7,12H2,1-2H3. The van der Waals surface area contributed by atoms with Crippen LogP contribution in [0.2, 0.25) is 0 Å². The number of nitrogens with zero attached hydrogens (tertiary/aromatic N) is 2. The molecule has 21 heavy (non-hydrogen) atoms. The van der Waals surface area contributed by atoms with Crippen molar-refractivity contribution in [3.05, 3.63) is 28.3 Å². The Morgan fingerprint density at radius 2 is 2.14 bits per heavy atom. The molecular weight excluding hydrogens is 300 g/mol. The highest BCUT2D eigenvalue weighted by Crippen LogP contribution is 2.28. The van der Waals surface area contributed by atoms with Gasteiger partial charge in [0.1, 0.15) is 0 Å². The number of sulfonamides is 1. The average molecular weight is 318 g/mol. The fourth-order valence-corrected chi connectivity index (χ4v) is 2.92. The number of nitrogens with one attached hydrogen (secondary N) is 1. The number of nitrogens with two attached hydrogens (primary N) is 1. The van der Waals surface area contributed by atoms with Crippen LogP contribution in [0.3, 0.4) is 0 Å². The Balaban J connectivity index is 3.19. The maximum Gasteiger partial charge on any atom is 0.289 e. The molecule has 0 heterocycles. The Bertz CT molecular complexity index is 605. The van der Waals surface area contributed by atoms with E-state index in [1.807, 2.05) is 0 Å². The largest absolute Gasteiger partial charge is 0.380 e. The zero-order valence-corrected chi connectivity index (χ0v) is 12.6. The smallest absolute Gasteiger partial charge is 0.289 e. The minimum atomic E-state index is -4.01. The highest BCUT2D eigenvalue weighted by Gasteiger charge is 2.29. The van der Waals surface area contributed by atoms with Crippen LogP contribution >= 0.6 is 0 Å². The Morgan fingerprint density at radius 3 is 2.67 bits per heavy atom. The number of nitro benzene ring substituents is 1. The molecule has 0 fully saturated rings. The molecule has 0 amide bonds. The molecule has 0 atom stereocenters. The van der Waals surface area contributed by atoms with Gasteiger partial charge in [-0.3, -0.25) is 16.0 Å². The van der Waals surface area contributed by atoms with Gasteiger partial charge in [0, 0.05) is 26.3 Å². The number of ether oxygens (including phenoxy) is 1. The lowest BCUT2D eigenvalue weighted by Crippen LogP contribution is -2.31. The van der Waals surface area contributed by atoms with E-state index in [1.165, 1.54) is 13.1 Å². The van der Waals surface area contributed by atoms with Crippen LogP contribution in [0, 0.1) is 10.1 Å². The first-order valence-electron chi connectivity index (χ1n) is 6.13. The molecule has 1 rings (SSSR count). The van der Waals surface area contributed by atoms with E-state index in [0.29, 0.717) is 6.61 Å². The maximum absolute atomic E-state index is 12.4. The lowest BCUT2D eigenvalue weighted by molar-refractivity contribution is -0.387. The van der Waals surface area contributed by atoms with Gasteiger partial charge in [-0.25, -0.2) is 8.42 Å². The van der Waals surface area contributed by atoms with Gasteiger partial charge in [-0.05, 0) is 19.1 Å². The highest BCUT2D eigenvalue weighted by atomic mass is 32.2. The summed E-state index contributed by atoms with van der Waals surface area (Å²) in [5.41, 5.74) is 2.03. The molecule has 1 aromatic rings. The molecular formula is C11H18N4O5S. The molecule has 118 valence electrons. The third-order valence-electron chi connectivity index (χ3n) is 2.77. The molecule has 0 unspecified atom stereocenters. The summed E-state index contributed by atoms with van der Waals surface area (Å²) in [6.07, 6.45) is 0. The predicted molar refractivity (Wildman–Crippen MR) is 77.2 cm³/mol. The SMILES string of the molecule is CCOCCN(C)S(=O)(=O)c1cc(NN)ccc1[N+](=O)[O-]. The van der Waals surface area contributed by atoms with E-state index in [-0.39, 0.29) is 18.8 Å². The fraction of sp³-hybridized carbons (Fsp3) is 0.455. The number of rotatable bonds is 8. The first-order chi connectivity index (χ1) is 9.84. The van der Waals surface area contributed by atoms with Gasteiger partial charge in [0.25, 0.3) is 5.69 Å². The molecule has 3 N–H and O–H groups in total. The highest BCUT2D eigenvalue weighted by molar-refractivity contribution is 7.89. The van der Waals surface area contributed by atoms with Crippen molar-refractivity contribution in [1.29, 1.82) is 0 Å². The van der Waals surface area contributed by atoms with Gasteiger partial charge < -0.3 is 10.2 Å². The van der Waals surface area contributed by atoms with Gasteiger partial charge in [0.2, 0.25) is 10.0 Å². The Morgan fingerprint density at radius 1 is 1.48 bits per heavy atom. The van der Waals surface area contributed by atoms with Gasteiger partial charge in [-0.2, -0.15) is 4.31 Å². The van der Waals surface area contributed by atoms with Crippen molar-refractivity contribution in [2.24, 2.45) is 5.84 Å². The van der Waals surface area contributed by atoms with E-state index in [0.717, 1.165) is 16.4 Å². The summed E-state index contributed by atoms with van der Waals surface area (Å²) in [6, 6.07) is 3.56. The van der Waals surface area contributed by atoms with Gasteiger partial charge in [0.05, 0.1) is 17.2 Å². The van der Waals surface area contributed by atoms with Crippen molar-refractivity contribution < 1.29 is 18.1 Å². The van der Waals surface area contributed by atoms with E-state index in [2.05, 4.69) is 5.43 Å². The molecule has 0 saturated heterocycles. The Labute approximate surface area is 122 Å². The Hall–Kier alpha value is -1.75. The molecule has 0 spiro atoms. The van der Waals surface area contributed by atoms with E-state index < -0.39 is 25.5 Å². The maximum atomic E-state index is 12.4. The van der Waals surface area contributed by atoms with Crippen LogP contribution in [0.1, 0.15) is 6.92 Å². The third-order valence-corrected chi connectivity index (χ3v) is 4.65. The molecule has 0 aliphatic carbocycles. The van der Waals surface area contributed by atoms with Crippen LogP contribution in [0.5, 0.6) is 0 Å². The van der Waals surface area contributed by atoms with Crippen molar-refractivity contribution in [2.45, 2.75) is 11.8 Å². The van der Waals surface area contributed by atoms with Gasteiger partial charge in [-0.1, -0.05) is 0 Å². The number of hydrogen-bond acceptors (Lipinski definition) is 7. The topological polar surface area (TPSA) is 128 Å². The number of likely N-dealkylation sites (N-methyl/N-ethyl adjacent to an activating group) is 1. The van der Waals surface area contributed by atoms with Crippen LogP contribution in [-0.2, 0) is 14.8 Å². The van der Waals surface area contributed by atoms with Gasteiger partial charge >= 0.3 is 0 Å². The first-order valence-corrected chi connectivity index (χ1v) is 7.57. The fourth-order valence-electron chi connectivity index (χ4n) is 1.59. The summed E-state index contributed by atoms with van der Waals surface area (Å²) in [4.78, 5) is 9.84. The van der Waals surface area contributed by atoms with E-state index in [1.54, 1.807) is 6.92 Å². The second-order valence-electron chi connectivity index (χ2n) is 4.11. The van der Waals surface area contributed by atoms with E-state index in [9.17, 15) is 18.5 Å². The monoisotopic (exact) mass is 318 g/mol. The summed E-state index contributed by atoms with van der Waals surface area (Å²) in [7, 11) is -2.68. The first kappa shape index (κ1) is 17.3. The van der Waals surface area contributed by atoms with Crippen LogP contribution in [-0.4, -0.2) is 44.5 Å². The number of nitro groups is 1. The summed E-state index contributed by atoms with van der Waals surface area (Å²) >= 11 is 0. The lowest BCUT2D eigenvalue weighted by atomic mass is 10.3. The number of hydrazine groups is 1. The van der Waals surface area contributed by atoms with Gasteiger partial charge in [-0.15, -0.1) is 0 Å². The predicted octanol–water partition coefficient (Wildman–Crippen LogP) is 0.537. The molecule has 0 saturated carbocycles. The molecule has 0 bridgehead atoms. The molecule has 10 heteroatoms. The van der Waals surface area contributed by atoms with Crippen LogP contribution in [0.25, 0.3) is 0 Å². The number of anilines is 1. The summed E-state index contributed by atoms with van der Waals surface area (Å²) < 4.78 is 30.9.